The van der Waals surface area contributed by atoms with E-state index in [1.54, 1.807) is 0 Å². The normalized spacial score (nSPS) is 24.3. The predicted octanol–water partition coefficient (Wildman–Crippen LogP) is 3.21. The third kappa shape index (κ3) is 5.04. The van der Waals surface area contributed by atoms with Crippen molar-refractivity contribution in [3.63, 3.8) is 0 Å². The molecule has 0 aromatic heterocycles. The van der Waals surface area contributed by atoms with E-state index in [0.717, 1.165) is 6.07 Å². The van der Waals surface area contributed by atoms with Crippen molar-refractivity contribution in [3.05, 3.63) is 28.8 Å². The smallest absolute Gasteiger partial charge is 0.379 e. The topological polar surface area (TPSA) is 75.7 Å². The highest BCUT2D eigenvalue weighted by Crippen LogP contribution is 2.38. The monoisotopic (exact) mass is 454 g/mol. The van der Waals surface area contributed by atoms with Crippen molar-refractivity contribution in [1.82, 2.24) is 9.62 Å². The van der Waals surface area contributed by atoms with Crippen molar-refractivity contribution < 1.29 is 31.1 Å². The van der Waals surface area contributed by atoms with E-state index in [1.807, 2.05) is 0 Å². The van der Waals surface area contributed by atoms with Crippen LogP contribution in [-0.2, 0) is 14.8 Å². The minimum Gasteiger partial charge on any atom is -0.379 e. The number of morpholine rings is 1. The van der Waals surface area contributed by atoms with Crippen molar-refractivity contribution in [3.8, 4) is 0 Å². The number of amides is 1. The molecule has 1 aromatic rings. The molecule has 1 saturated heterocycles. The Hall–Kier alpha value is -1.36. The molecule has 1 aliphatic heterocycles. The van der Waals surface area contributed by atoms with Crippen LogP contribution in [0.25, 0.3) is 0 Å². The number of hydrogen-bond acceptors (Lipinski definition) is 4. The van der Waals surface area contributed by atoms with Gasteiger partial charge in [-0.25, -0.2) is 8.42 Å². The fraction of sp³-hybridized carbons (Fsp3) is 0.611. The van der Waals surface area contributed by atoms with E-state index in [4.69, 9.17) is 16.3 Å². The van der Waals surface area contributed by atoms with Crippen LogP contribution < -0.4 is 5.32 Å². The number of sulfonamides is 1. The molecular weight excluding hydrogens is 433 g/mol. The van der Waals surface area contributed by atoms with Gasteiger partial charge in [0.1, 0.15) is 0 Å². The summed E-state index contributed by atoms with van der Waals surface area (Å²) in [4.78, 5) is 12.5. The zero-order valence-electron chi connectivity index (χ0n) is 15.5. The summed E-state index contributed by atoms with van der Waals surface area (Å²) in [5.74, 6) is -2.44. The van der Waals surface area contributed by atoms with Crippen LogP contribution in [0.4, 0.5) is 13.2 Å². The van der Waals surface area contributed by atoms with E-state index >= 15 is 0 Å². The van der Waals surface area contributed by atoms with Crippen LogP contribution in [0.2, 0.25) is 5.02 Å². The average Bonchev–Trinajstić information content (AvgIpc) is 2.68. The van der Waals surface area contributed by atoms with Gasteiger partial charge in [-0.1, -0.05) is 24.4 Å². The number of carbonyl (C=O) groups is 1. The summed E-state index contributed by atoms with van der Waals surface area (Å²) in [6, 6.07) is 2.61. The summed E-state index contributed by atoms with van der Waals surface area (Å²) in [6.07, 6.45) is -3.22. The maximum absolute atomic E-state index is 13.3. The SMILES string of the molecule is O=C(NC1CCCCC1C(F)(F)F)c1cc(S(=O)(=O)N2CCOCC2)ccc1Cl. The van der Waals surface area contributed by atoms with Crippen LogP contribution in [-0.4, -0.2) is 57.2 Å². The lowest BCUT2D eigenvalue weighted by Gasteiger charge is -2.33. The molecule has 1 N–H and O–H groups in total. The van der Waals surface area contributed by atoms with Gasteiger partial charge >= 0.3 is 6.18 Å². The number of halogens is 4. The molecule has 0 spiro atoms. The number of nitrogens with one attached hydrogen (secondary N) is 1. The standard InChI is InChI=1S/C18H22ClF3N2O4S/c19-15-6-5-12(29(26,27)24-7-9-28-10-8-24)11-13(15)17(25)23-16-4-2-1-3-14(16)18(20,21)22/h5-6,11,14,16H,1-4,7-10H2,(H,23,25). The van der Waals surface area contributed by atoms with Crippen LogP contribution in [0, 0.1) is 5.92 Å². The maximum atomic E-state index is 13.3. The van der Waals surface area contributed by atoms with Gasteiger partial charge in [0.25, 0.3) is 5.91 Å². The Labute approximate surface area is 172 Å². The fourth-order valence-corrected chi connectivity index (χ4v) is 5.35. The second-order valence-corrected chi connectivity index (χ2v) is 9.52. The molecule has 3 rings (SSSR count). The number of rotatable bonds is 4. The van der Waals surface area contributed by atoms with Crippen molar-refractivity contribution >= 4 is 27.5 Å². The number of benzene rings is 1. The highest BCUT2D eigenvalue weighted by atomic mass is 35.5. The van der Waals surface area contributed by atoms with Crippen molar-refractivity contribution in [2.24, 2.45) is 5.92 Å². The molecule has 0 radical (unpaired) electrons. The average molecular weight is 455 g/mol. The largest absolute Gasteiger partial charge is 0.393 e. The molecule has 1 saturated carbocycles. The summed E-state index contributed by atoms with van der Waals surface area (Å²) < 4.78 is 71.8. The summed E-state index contributed by atoms with van der Waals surface area (Å²) in [7, 11) is -3.87. The van der Waals surface area contributed by atoms with Gasteiger partial charge in [0.05, 0.1) is 34.6 Å². The molecule has 2 atom stereocenters. The Morgan fingerprint density at radius 1 is 1.17 bits per heavy atom. The number of hydrogen-bond donors (Lipinski definition) is 1. The molecule has 2 aliphatic rings. The van der Waals surface area contributed by atoms with Crippen LogP contribution in [0.1, 0.15) is 36.0 Å². The Morgan fingerprint density at radius 3 is 2.48 bits per heavy atom. The van der Waals surface area contributed by atoms with Gasteiger partial charge < -0.3 is 10.1 Å². The number of nitrogens with zero attached hydrogens (tertiary/aromatic N) is 1. The zero-order valence-corrected chi connectivity index (χ0v) is 17.1. The van der Waals surface area contributed by atoms with Gasteiger partial charge in [-0.15, -0.1) is 0 Å². The summed E-state index contributed by atoms with van der Waals surface area (Å²) >= 11 is 6.06. The molecule has 0 bridgehead atoms. The van der Waals surface area contributed by atoms with E-state index in [1.165, 1.54) is 16.4 Å². The Kier molecular flexibility index (Phi) is 6.77. The Morgan fingerprint density at radius 2 is 1.83 bits per heavy atom. The lowest BCUT2D eigenvalue weighted by atomic mass is 9.84. The summed E-state index contributed by atoms with van der Waals surface area (Å²) in [6.45, 7) is 0.894. The van der Waals surface area contributed by atoms with Crippen molar-refractivity contribution in [2.75, 3.05) is 26.3 Å². The number of carbonyl (C=O) groups excluding carboxylic acids is 1. The molecule has 162 valence electrons. The second-order valence-electron chi connectivity index (χ2n) is 7.17. The fourth-order valence-electron chi connectivity index (χ4n) is 3.72. The van der Waals surface area contributed by atoms with Crippen LogP contribution in [0.15, 0.2) is 23.1 Å². The first-order valence-electron chi connectivity index (χ1n) is 9.36. The highest BCUT2D eigenvalue weighted by molar-refractivity contribution is 7.89. The van der Waals surface area contributed by atoms with E-state index < -0.39 is 34.1 Å². The van der Waals surface area contributed by atoms with Gasteiger partial charge in [0, 0.05) is 19.1 Å². The predicted molar refractivity (Wildman–Crippen MR) is 100 cm³/mol. The van der Waals surface area contributed by atoms with Gasteiger partial charge in [-0.2, -0.15) is 17.5 Å². The van der Waals surface area contributed by atoms with Crippen molar-refractivity contribution in [1.29, 1.82) is 0 Å². The molecule has 2 fully saturated rings. The second kappa shape index (κ2) is 8.79. The molecule has 1 heterocycles. The molecule has 1 amide bonds. The lowest BCUT2D eigenvalue weighted by molar-refractivity contribution is -0.187. The molecule has 1 aliphatic carbocycles. The van der Waals surface area contributed by atoms with E-state index in [9.17, 15) is 26.4 Å². The Bertz CT molecular complexity index is 857. The minimum atomic E-state index is -4.41. The Balaban J connectivity index is 1.83. The quantitative estimate of drug-likeness (QED) is 0.758. The van der Waals surface area contributed by atoms with E-state index in [0.29, 0.717) is 12.8 Å². The lowest BCUT2D eigenvalue weighted by Crippen LogP contribution is -2.47. The first-order valence-corrected chi connectivity index (χ1v) is 11.2. The molecule has 29 heavy (non-hydrogen) atoms. The van der Waals surface area contributed by atoms with E-state index in [-0.39, 0.29) is 54.6 Å². The first kappa shape index (κ1) is 22.3. The molecule has 6 nitrogen and oxygen atoms in total. The summed E-state index contributed by atoms with van der Waals surface area (Å²) in [5.41, 5.74) is -0.160. The molecule has 1 aromatic carbocycles. The van der Waals surface area contributed by atoms with Gasteiger partial charge in [0.2, 0.25) is 10.0 Å². The van der Waals surface area contributed by atoms with Gasteiger partial charge in [0.15, 0.2) is 0 Å². The first-order chi connectivity index (χ1) is 13.6. The maximum Gasteiger partial charge on any atom is 0.393 e. The van der Waals surface area contributed by atoms with Gasteiger partial charge in [-0.05, 0) is 31.0 Å². The van der Waals surface area contributed by atoms with Crippen LogP contribution >= 0.6 is 11.6 Å². The molecule has 11 heteroatoms. The number of alkyl halides is 3. The van der Waals surface area contributed by atoms with Crippen LogP contribution in [0.5, 0.6) is 0 Å². The molecule has 2 unspecified atom stereocenters. The molecular formula is C18H22ClF3N2O4S. The van der Waals surface area contributed by atoms with E-state index in [2.05, 4.69) is 5.32 Å². The third-order valence-electron chi connectivity index (χ3n) is 5.29. The van der Waals surface area contributed by atoms with Gasteiger partial charge in [-0.3, -0.25) is 4.79 Å². The third-order valence-corrected chi connectivity index (χ3v) is 7.52. The minimum absolute atomic E-state index is 0.0252. The summed E-state index contributed by atoms with van der Waals surface area (Å²) in [5, 5.41) is 2.39. The zero-order chi connectivity index (χ0) is 21.2. The highest BCUT2D eigenvalue weighted by Gasteiger charge is 2.46. The van der Waals surface area contributed by atoms with Crippen molar-refractivity contribution in [2.45, 2.75) is 42.8 Å². The van der Waals surface area contributed by atoms with Crippen LogP contribution in [0.3, 0.4) is 0 Å². The number of ether oxygens (including phenoxy) is 1.